The van der Waals surface area contributed by atoms with E-state index in [1.165, 1.54) is 148 Å². The van der Waals surface area contributed by atoms with Gasteiger partial charge in [0.1, 0.15) is 6.61 Å². The molecule has 9 heteroatoms. The Kier molecular flexibility index (Phi) is 41.0. The molecule has 0 saturated carbocycles. The first-order valence-electron chi connectivity index (χ1n) is 23.1. The molecule has 0 aromatic rings. The van der Waals surface area contributed by atoms with Gasteiger partial charge in [-0.1, -0.05) is 205 Å². The summed E-state index contributed by atoms with van der Waals surface area (Å²) in [7, 11) is -4.76. The number of unbranched alkanes of at least 4 members (excludes halogenated alkanes) is 29. The molecule has 0 aliphatic heterocycles. The van der Waals surface area contributed by atoms with Gasteiger partial charge in [-0.05, 0) is 44.9 Å². The van der Waals surface area contributed by atoms with Crippen molar-refractivity contribution in [3.8, 4) is 0 Å². The van der Waals surface area contributed by atoms with E-state index >= 15 is 0 Å². The van der Waals surface area contributed by atoms with Gasteiger partial charge in [-0.2, -0.15) is 0 Å². The average Bonchev–Trinajstić information content (AvgIpc) is 3.16. The smallest absolute Gasteiger partial charge is 0.462 e. The number of hydrogen-bond donors (Lipinski definition) is 2. The summed E-state index contributed by atoms with van der Waals surface area (Å²) in [5.41, 5.74) is 0. The van der Waals surface area contributed by atoms with Crippen molar-refractivity contribution >= 4 is 19.8 Å². The van der Waals surface area contributed by atoms with Crippen LogP contribution in [0.2, 0.25) is 0 Å². The molecule has 1 unspecified atom stereocenters. The third-order valence-corrected chi connectivity index (χ3v) is 10.7. The molecule has 0 fully saturated rings. The molecule has 0 aromatic heterocycles. The summed E-state index contributed by atoms with van der Waals surface area (Å²) < 4.78 is 26.4. The van der Waals surface area contributed by atoms with Crippen molar-refractivity contribution in [2.45, 2.75) is 245 Å². The molecule has 324 valence electrons. The minimum absolute atomic E-state index is 0.199. The van der Waals surface area contributed by atoms with E-state index in [0.717, 1.165) is 57.8 Å². The van der Waals surface area contributed by atoms with E-state index in [-0.39, 0.29) is 19.4 Å². The van der Waals surface area contributed by atoms with Gasteiger partial charge in [-0.15, -0.1) is 0 Å². The molecule has 0 saturated heterocycles. The molecule has 0 aromatic carbocycles. The maximum atomic E-state index is 12.4. The third kappa shape index (κ3) is 45.1. The zero-order valence-electron chi connectivity index (χ0n) is 35.8. The van der Waals surface area contributed by atoms with Crippen molar-refractivity contribution < 1.29 is 37.9 Å². The molecule has 0 rings (SSSR count). The second kappa shape index (κ2) is 42.1. The lowest BCUT2D eigenvalue weighted by molar-refractivity contribution is -0.161. The Labute approximate surface area is 339 Å². The van der Waals surface area contributed by atoms with Gasteiger partial charge in [0, 0.05) is 12.8 Å². The average molecular weight is 799 g/mol. The molecule has 0 aliphatic rings. The van der Waals surface area contributed by atoms with Crippen LogP contribution < -0.4 is 0 Å². The summed E-state index contributed by atoms with van der Waals surface area (Å²) in [5, 5.41) is 0. The monoisotopic (exact) mass is 799 g/mol. The Balaban J connectivity index is 3.82. The van der Waals surface area contributed by atoms with Gasteiger partial charge in [-0.25, -0.2) is 4.57 Å². The molecule has 2 N–H and O–H groups in total. The van der Waals surface area contributed by atoms with Crippen molar-refractivity contribution in [2.75, 3.05) is 13.2 Å². The summed E-state index contributed by atoms with van der Waals surface area (Å²) in [5.74, 6) is -0.889. The Bertz CT molecular complexity index is 946. The Hall–Kier alpha value is -1.47. The maximum Gasteiger partial charge on any atom is 0.469 e. The van der Waals surface area contributed by atoms with E-state index in [4.69, 9.17) is 19.3 Å². The Morgan fingerprint density at radius 2 is 0.818 bits per heavy atom. The number of phosphoric acid groups is 1. The number of allylic oxidation sites excluding steroid dienone is 4. The van der Waals surface area contributed by atoms with Gasteiger partial charge in [0.05, 0.1) is 6.61 Å². The fourth-order valence-corrected chi connectivity index (χ4v) is 7.12. The third-order valence-electron chi connectivity index (χ3n) is 10.2. The minimum atomic E-state index is -4.76. The Morgan fingerprint density at radius 1 is 0.473 bits per heavy atom. The van der Waals surface area contributed by atoms with Crippen LogP contribution in [-0.2, 0) is 28.2 Å². The normalized spacial score (nSPS) is 12.6. The first-order chi connectivity index (χ1) is 26.8. The standard InChI is InChI=1S/C46H87O8P/c1-3-5-7-9-11-13-15-17-19-20-21-22-23-24-25-27-28-30-32-34-36-38-40-45(47)52-42-44(43-53-55(49,50)51)54-46(48)41-39-37-35-33-31-29-26-18-16-14-12-10-8-6-4-2/h12,14,18,26,44H,3-11,13,15-17,19-25,27-43H2,1-2H3,(H2,49,50,51)/b14-12-,26-18-. The number of phosphoric ester groups is 1. The van der Waals surface area contributed by atoms with Crippen LogP contribution in [0.25, 0.3) is 0 Å². The highest BCUT2D eigenvalue weighted by Crippen LogP contribution is 2.36. The lowest BCUT2D eigenvalue weighted by Crippen LogP contribution is -2.29. The predicted molar refractivity (Wildman–Crippen MR) is 230 cm³/mol. The highest BCUT2D eigenvalue weighted by Gasteiger charge is 2.23. The summed E-state index contributed by atoms with van der Waals surface area (Å²) in [4.78, 5) is 42.9. The SMILES string of the molecule is CCCCC/C=C\C/C=C\CCCCCCCC(=O)OC(COC(=O)CCCCCCCCCCCCCCCCCCCCCCCC)COP(=O)(O)O. The van der Waals surface area contributed by atoms with Crippen molar-refractivity contribution in [3.63, 3.8) is 0 Å². The molecular formula is C46H87O8P. The fraction of sp³-hybridized carbons (Fsp3) is 0.870. The van der Waals surface area contributed by atoms with Gasteiger partial charge < -0.3 is 19.3 Å². The van der Waals surface area contributed by atoms with E-state index in [2.05, 4.69) is 42.7 Å². The zero-order chi connectivity index (χ0) is 40.3. The molecule has 0 aliphatic carbocycles. The molecule has 0 radical (unpaired) electrons. The van der Waals surface area contributed by atoms with Crippen molar-refractivity contribution in [1.82, 2.24) is 0 Å². The first-order valence-corrected chi connectivity index (χ1v) is 24.7. The molecule has 55 heavy (non-hydrogen) atoms. The molecule has 0 heterocycles. The maximum absolute atomic E-state index is 12.4. The van der Waals surface area contributed by atoms with E-state index in [1.54, 1.807) is 0 Å². The van der Waals surface area contributed by atoms with Crippen LogP contribution >= 0.6 is 7.82 Å². The number of ether oxygens (including phenoxy) is 2. The second-order valence-electron chi connectivity index (χ2n) is 15.7. The van der Waals surface area contributed by atoms with Crippen LogP contribution in [0.1, 0.15) is 239 Å². The number of carbonyl (C=O) groups excluding carboxylic acids is 2. The fourth-order valence-electron chi connectivity index (χ4n) is 6.76. The van der Waals surface area contributed by atoms with E-state index in [0.29, 0.717) is 6.42 Å². The first kappa shape index (κ1) is 53.5. The summed E-state index contributed by atoms with van der Waals surface area (Å²) in [6, 6.07) is 0. The Morgan fingerprint density at radius 3 is 1.24 bits per heavy atom. The summed E-state index contributed by atoms with van der Waals surface area (Å²) in [6.45, 7) is 3.68. The van der Waals surface area contributed by atoms with Crippen molar-refractivity contribution in [2.24, 2.45) is 0 Å². The van der Waals surface area contributed by atoms with E-state index in [1.807, 2.05) is 0 Å². The summed E-state index contributed by atoms with van der Waals surface area (Å²) in [6.07, 6.45) is 49.1. The van der Waals surface area contributed by atoms with Crippen molar-refractivity contribution in [1.29, 1.82) is 0 Å². The predicted octanol–water partition coefficient (Wildman–Crippen LogP) is 14.4. The number of carbonyl (C=O) groups is 2. The highest BCUT2D eigenvalue weighted by atomic mass is 31.2. The number of rotatable bonds is 43. The van der Waals surface area contributed by atoms with Gasteiger partial charge in [0.15, 0.2) is 6.10 Å². The van der Waals surface area contributed by atoms with E-state index < -0.39 is 32.5 Å². The van der Waals surface area contributed by atoms with E-state index in [9.17, 15) is 14.2 Å². The minimum Gasteiger partial charge on any atom is -0.462 e. The summed E-state index contributed by atoms with van der Waals surface area (Å²) >= 11 is 0. The molecule has 0 bridgehead atoms. The quantitative estimate of drug-likeness (QED) is 0.0271. The molecule has 0 spiro atoms. The van der Waals surface area contributed by atoms with Crippen LogP contribution in [0.15, 0.2) is 24.3 Å². The number of hydrogen-bond acceptors (Lipinski definition) is 6. The van der Waals surface area contributed by atoms with Crippen LogP contribution in [0.3, 0.4) is 0 Å². The van der Waals surface area contributed by atoms with Gasteiger partial charge >= 0.3 is 19.8 Å². The van der Waals surface area contributed by atoms with Crippen LogP contribution in [0.4, 0.5) is 0 Å². The van der Waals surface area contributed by atoms with Gasteiger partial charge in [0.25, 0.3) is 0 Å². The molecule has 8 nitrogen and oxygen atoms in total. The van der Waals surface area contributed by atoms with Crippen LogP contribution in [0.5, 0.6) is 0 Å². The lowest BCUT2D eigenvalue weighted by Gasteiger charge is -2.18. The zero-order valence-corrected chi connectivity index (χ0v) is 36.7. The number of esters is 2. The van der Waals surface area contributed by atoms with Crippen molar-refractivity contribution in [3.05, 3.63) is 24.3 Å². The topological polar surface area (TPSA) is 119 Å². The van der Waals surface area contributed by atoms with Gasteiger partial charge in [0.2, 0.25) is 0 Å². The van der Waals surface area contributed by atoms with Crippen LogP contribution in [-0.4, -0.2) is 41.0 Å². The van der Waals surface area contributed by atoms with Gasteiger partial charge in [-0.3, -0.25) is 14.1 Å². The van der Waals surface area contributed by atoms with Crippen LogP contribution in [0, 0.1) is 0 Å². The molecular weight excluding hydrogens is 711 g/mol. The highest BCUT2D eigenvalue weighted by molar-refractivity contribution is 7.46. The largest absolute Gasteiger partial charge is 0.469 e. The lowest BCUT2D eigenvalue weighted by atomic mass is 10.0. The molecule has 0 amide bonds. The second-order valence-corrected chi connectivity index (χ2v) is 17.0. The molecule has 1 atom stereocenters.